The molecule has 2 aromatic rings. The first kappa shape index (κ1) is 12.9. The molecular formula is C15H21N3S. The van der Waals surface area contributed by atoms with Gasteiger partial charge in [-0.3, -0.25) is 4.57 Å². The van der Waals surface area contributed by atoms with Crippen LogP contribution in [-0.4, -0.2) is 14.5 Å². The Hall–Kier alpha value is -1.16. The Morgan fingerprint density at radius 1 is 1.32 bits per heavy atom. The second kappa shape index (κ2) is 5.08. The lowest BCUT2D eigenvalue weighted by Gasteiger charge is -2.28. The van der Waals surface area contributed by atoms with E-state index in [-0.39, 0.29) is 0 Å². The van der Waals surface area contributed by atoms with Gasteiger partial charge in [-0.25, -0.2) is 4.98 Å². The molecule has 4 heteroatoms. The van der Waals surface area contributed by atoms with Crippen LogP contribution in [0.5, 0.6) is 0 Å². The molecule has 0 aromatic carbocycles. The largest absolute Gasteiger partial charge is 0.329 e. The fourth-order valence-electron chi connectivity index (χ4n) is 3.25. The van der Waals surface area contributed by atoms with Gasteiger partial charge >= 0.3 is 0 Å². The van der Waals surface area contributed by atoms with Crippen LogP contribution in [0.3, 0.4) is 0 Å². The van der Waals surface area contributed by atoms with E-state index in [1.165, 1.54) is 32.1 Å². The van der Waals surface area contributed by atoms with E-state index >= 15 is 0 Å². The smallest absolute Gasteiger partial charge is 0.179 e. The first-order valence-electron chi connectivity index (χ1n) is 7.27. The van der Waals surface area contributed by atoms with E-state index < -0.39 is 0 Å². The minimum absolute atomic E-state index is 0.526. The van der Waals surface area contributed by atoms with Gasteiger partial charge in [0, 0.05) is 11.7 Å². The predicted molar refractivity (Wildman–Crippen MR) is 80.9 cm³/mol. The topological polar surface area (TPSA) is 33.6 Å². The zero-order valence-corrected chi connectivity index (χ0v) is 12.5. The van der Waals surface area contributed by atoms with Crippen molar-refractivity contribution < 1.29 is 0 Å². The molecule has 0 saturated heterocycles. The zero-order chi connectivity index (χ0) is 13.4. The van der Waals surface area contributed by atoms with Crippen LogP contribution < -0.4 is 0 Å². The Bertz CT molecular complexity index is 632. The maximum Gasteiger partial charge on any atom is 0.179 e. The minimum Gasteiger partial charge on any atom is -0.329 e. The third-order valence-corrected chi connectivity index (χ3v) is 4.76. The lowest BCUT2D eigenvalue weighted by atomic mass is 9.84. The summed E-state index contributed by atoms with van der Waals surface area (Å²) in [4.78, 5) is 7.97. The number of aryl methyl sites for hydroxylation is 1. The van der Waals surface area contributed by atoms with Crippen molar-refractivity contribution in [3.63, 3.8) is 0 Å². The predicted octanol–water partition coefficient (Wildman–Crippen LogP) is 4.54. The molecule has 102 valence electrons. The normalized spacial score (nSPS) is 23.9. The van der Waals surface area contributed by atoms with Crippen LogP contribution in [-0.2, 0) is 0 Å². The number of aromatic amines is 1. The summed E-state index contributed by atoms with van der Waals surface area (Å²) in [5.41, 5.74) is 3.15. The summed E-state index contributed by atoms with van der Waals surface area (Å²) in [7, 11) is 0. The van der Waals surface area contributed by atoms with E-state index in [0.717, 1.165) is 27.5 Å². The summed E-state index contributed by atoms with van der Waals surface area (Å²) < 4.78 is 3.08. The monoisotopic (exact) mass is 275 g/mol. The van der Waals surface area contributed by atoms with Crippen LogP contribution in [0, 0.1) is 17.6 Å². The SMILES string of the molecule is CCC1CCC(n2c(=S)[nH]c3ccc(C)nc32)CC1. The molecule has 0 bridgehead atoms. The van der Waals surface area contributed by atoms with E-state index in [0.29, 0.717) is 6.04 Å². The molecule has 0 spiro atoms. The van der Waals surface area contributed by atoms with Crippen molar-refractivity contribution in [3.8, 4) is 0 Å². The highest BCUT2D eigenvalue weighted by molar-refractivity contribution is 7.71. The molecule has 1 aliphatic carbocycles. The van der Waals surface area contributed by atoms with Gasteiger partial charge in [0.15, 0.2) is 10.4 Å². The number of nitrogens with one attached hydrogen (secondary N) is 1. The summed E-state index contributed by atoms with van der Waals surface area (Å²) in [5.74, 6) is 0.908. The summed E-state index contributed by atoms with van der Waals surface area (Å²) >= 11 is 5.50. The number of aromatic nitrogens is 3. The Morgan fingerprint density at radius 3 is 2.74 bits per heavy atom. The fourth-order valence-corrected chi connectivity index (χ4v) is 3.59. The molecule has 0 amide bonds. The number of H-pyrrole nitrogens is 1. The van der Waals surface area contributed by atoms with Gasteiger partial charge in [0.2, 0.25) is 0 Å². The van der Waals surface area contributed by atoms with Crippen LogP contribution in [0.1, 0.15) is 50.8 Å². The highest BCUT2D eigenvalue weighted by Crippen LogP contribution is 2.35. The third-order valence-electron chi connectivity index (χ3n) is 4.46. The first-order chi connectivity index (χ1) is 9.19. The molecule has 0 unspecified atom stereocenters. The van der Waals surface area contributed by atoms with Crippen LogP contribution in [0.2, 0.25) is 0 Å². The summed E-state index contributed by atoms with van der Waals surface area (Å²) in [6.45, 7) is 4.33. The van der Waals surface area contributed by atoms with Crippen LogP contribution >= 0.6 is 12.2 Å². The number of fused-ring (bicyclic) bond motifs is 1. The van der Waals surface area contributed by atoms with Gasteiger partial charge < -0.3 is 4.98 Å². The fraction of sp³-hybridized carbons (Fsp3) is 0.600. The van der Waals surface area contributed by atoms with Gasteiger partial charge in [0.1, 0.15) is 0 Å². The Kier molecular flexibility index (Phi) is 3.44. The number of nitrogens with zero attached hydrogens (tertiary/aromatic N) is 2. The van der Waals surface area contributed by atoms with E-state index in [2.05, 4.69) is 27.5 Å². The highest BCUT2D eigenvalue weighted by Gasteiger charge is 2.23. The molecule has 3 rings (SSSR count). The minimum atomic E-state index is 0.526. The molecule has 3 nitrogen and oxygen atoms in total. The van der Waals surface area contributed by atoms with E-state index in [9.17, 15) is 0 Å². The summed E-state index contributed by atoms with van der Waals surface area (Å²) in [6, 6.07) is 4.64. The number of hydrogen-bond donors (Lipinski definition) is 1. The van der Waals surface area contributed by atoms with Crippen molar-refractivity contribution in [3.05, 3.63) is 22.6 Å². The molecule has 2 aromatic heterocycles. The average molecular weight is 275 g/mol. The molecule has 2 heterocycles. The number of rotatable bonds is 2. The number of imidazole rings is 1. The number of hydrogen-bond acceptors (Lipinski definition) is 2. The lowest BCUT2D eigenvalue weighted by Crippen LogP contribution is -2.18. The molecule has 0 aliphatic heterocycles. The second-order valence-electron chi connectivity index (χ2n) is 5.71. The van der Waals surface area contributed by atoms with Gasteiger partial charge in [-0.15, -0.1) is 0 Å². The third kappa shape index (κ3) is 2.34. The van der Waals surface area contributed by atoms with Gasteiger partial charge in [-0.1, -0.05) is 13.3 Å². The van der Waals surface area contributed by atoms with Crippen molar-refractivity contribution in [2.24, 2.45) is 5.92 Å². The van der Waals surface area contributed by atoms with Crippen molar-refractivity contribution in [2.75, 3.05) is 0 Å². The van der Waals surface area contributed by atoms with Gasteiger partial charge in [0.05, 0.1) is 5.52 Å². The Balaban J connectivity index is 1.98. The van der Waals surface area contributed by atoms with E-state index in [4.69, 9.17) is 12.2 Å². The molecule has 0 radical (unpaired) electrons. The maximum atomic E-state index is 5.50. The van der Waals surface area contributed by atoms with Crippen molar-refractivity contribution in [1.82, 2.24) is 14.5 Å². The van der Waals surface area contributed by atoms with Gasteiger partial charge in [-0.05, 0) is 62.9 Å². The molecular weight excluding hydrogens is 254 g/mol. The number of pyridine rings is 1. The lowest BCUT2D eigenvalue weighted by molar-refractivity contribution is 0.271. The van der Waals surface area contributed by atoms with E-state index in [1.54, 1.807) is 0 Å². The zero-order valence-electron chi connectivity index (χ0n) is 11.6. The van der Waals surface area contributed by atoms with Crippen molar-refractivity contribution >= 4 is 23.4 Å². The maximum absolute atomic E-state index is 5.50. The highest BCUT2D eigenvalue weighted by atomic mass is 32.1. The Labute approximate surface area is 119 Å². The molecule has 1 saturated carbocycles. The van der Waals surface area contributed by atoms with Crippen LogP contribution in [0.4, 0.5) is 0 Å². The van der Waals surface area contributed by atoms with Crippen LogP contribution in [0.25, 0.3) is 11.2 Å². The summed E-state index contributed by atoms with van der Waals surface area (Å²) in [6.07, 6.45) is 6.41. The Morgan fingerprint density at radius 2 is 2.05 bits per heavy atom. The van der Waals surface area contributed by atoms with E-state index in [1.807, 2.05) is 13.0 Å². The molecule has 0 atom stereocenters. The average Bonchev–Trinajstić information content (AvgIpc) is 2.74. The first-order valence-corrected chi connectivity index (χ1v) is 7.67. The second-order valence-corrected chi connectivity index (χ2v) is 6.09. The quantitative estimate of drug-likeness (QED) is 0.816. The van der Waals surface area contributed by atoms with Crippen molar-refractivity contribution in [1.29, 1.82) is 0 Å². The standard InChI is InChI=1S/C15H21N3S/c1-3-11-5-7-12(8-6-11)18-14-13(17-15(18)19)9-4-10(2)16-14/h4,9,11-12H,3,5-8H2,1-2H3,(H,17,19). The molecule has 1 fully saturated rings. The van der Waals surface area contributed by atoms with Crippen LogP contribution in [0.15, 0.2) is 12.1 Å². The van der Waals surface area contributed by atoms with Crippen molar-refractivity contribution in [2.45, 2.75) is 52.0 Å². The molecule has 1 N–H and O–H groups in total. The van der Waals surface area contributed by atoms with Gasteiger partial charge in [0.25, 0.3) is 0 Å². The summed E-state index contributed by atoms with van der Waals surface area (Å²) in [5, 5.41) is 0. The molecule has 19 heavy (non-hydrogen) atoms. The molecule has 1 aliphatic rings. The van der Waals surface area contributed by atoms with Gasteiger partial charge in [-0.2, -0.15) is 0 Å².